The van der Waals surface area contributed by atoms with Crippen molar-refractivity contribution in [3.63, 3.8) is 0 Å². The zero-order chi connectivity index (χ0) is 9.38. The molecular formula is C11H11N3. The Bertz CT molecular complexity index is 463. The Balaban J connectivity index is 2.01. The minimum Gasteiger partial charge on any atom is -0.366 e. The van der Waals surface area contributed by atoms with Gasteiger partial charge in [-0.05, 0) is 25.0 Å². The first kappa shape index (κ1) is 7.74. The van der Waals surface area contributed by atoms with Crippen molar-refractivity contribution in [3.8, 4) is 0 Å². The first-order valence-corrected chi connectivity index (χ1v) is 4.90. The molecule has 3 heteroatoms. The maximum absolute atomic E-state index is 4.48. The molecule has 1 aliphatic carbocycles. The molecular weight excluding hydrogens is 174 g/mol. The number of benzene rings is 1. The lowest BCUT2D eigenvalue weighted by atomic mass is 10.3. The third-order valence-electron chi connectivity index (χ3n) is 2.38. The van der Waals surface area contributed by atoms with Gasteiger partial charge in [0.1, 0.15) is 5.82 Å². The van der Waals surface area contributed by atoms with Crippen LogP contribution in [0.1, 0.15) is 12.8 Å². The fourth-order valence-corrected chi connectivity index (χ4v) is 1.46. The van der Waals surface area contributed by atoms with Crippen LogP contribution in [0.25, 0.3) is 11.0 Å². The molecule has 0 spiro atoms. The molecule has 1 N–H and O–H groups in total. The van der Waals surface area contributed by atoms with Crippen LogP contribution in [-0.2, 0) is 0 Å². The predicted molar refractivity (Wildman–Crippen MR) is 56.2 cm³/mol. The molecule has 70 valence electrons. The van der Waals surface area contributed by atoms with Gasteiger partial charge in [0.25, 0.3) is 0 Å². The summed E-state index contributed by atoms with van der Waals surface area (Å²) >= 11 is 0. The van der Waals surface area contributed by atoms with Crippen LogP contribution in [0.2, 0.25) is 0 Å². The summed E-state index contributed by atoms with van der Waals surface area (Å²) in [6.45, 7) is 0. The first-order chi connectivity index (χ1) is 6.92. The molecule has 0 radical (unpaired) electrons. The molecule has 0 bridgehead atoms. The molecule has 0 saturated heterocycles. The third-order valence-corrected chi connectivity index (χ3v) is 2.38. The molecule has 2 aromatic rings. The second-order valence-electron chi connectivity index (χ2n) is 3.66. The smallest absolute Gasteiger partial charge is 0.145 e. The van der Waals surface area contributed by atoms with Crippen molar-refractivity contribution in [3.05, 3.63) is 30.5 Å². The summed E-state index contributed by atoms with van der Waals surface area (Å²) in [6.07, 6.45) is 4.32. The van der Waals surface area contributed by atoms with Gasteiger partial charge in [-0.3, -0.25) is 4.98 Å². The predicted octanol–water partition coefficient (Wildman–Crippen LogP) is 2.20. The maximum atomic E-state index is 4.48. The summed E-state index contributed by atoms with van der Waals surface area (Å²) < 4.78 is 0. The third kappa shape index (κ3) is 1.41. The number of hydrogen-bond acceptors (Lipinski definition) is 3. The van der Waals surface area contributed by atoms with Crippen molar-refractivity contribution in [2.24, 2.45) is 0 Å². The van der Waals surface area contributed by atoms with Crippen molar-refractivity contribution < 1.29 is 0 Å². The van der Waals surface area contributed by atoms with E-state index in [-0.39, 0.29) is 0 Å². The topological polar surface area (TPSA) is 37.8 Å². The van der Waals surface area contributed by atoms with Crippen molar-refractivity contribution in [1.29, 1.82) is 0 Å². The van der Waals surface area contributed by atoms with E-state index in [0.29, 0.717) is 6.04 Å². The van der Waals surface area contributed by atoms with Gasteiger partial charge in [0.2, 0.25) is 0 Å². The van der Waals surface area contributed by atoms with Gasteiger partial charge in [-0.1, -0.05) is 12.1 Å². The Morgan fingerprint density at radius 1 is 1.14 bits per heavy atom. The van der Waals surface area contributed by atoms with Crippen LogP contribution >= 0.6 is 0 Å². The molecule has 1 fully saturated rings. The van der Waals surface area contributed by atoms with Crippen molar-refractivity contribution in [1.82, 2.24) is 9.97 Å². The monoisotopic (exact) mass is 185 g/mol. The van der Waals surface area contributed by atoms with Crippen LogP contribution in [0.3, 0.4) is 0 Å². The Hall–Kier alpha value is -1.64. The van der Waals surface area contributed by atoms with E-state index in [9.17, 15) is 0 Å². The average Bonchev–Trinajstić information content (AvgIpc) is 3.02. The Morgan fingerprint density at radius 2 is 1.93 bits per heavy atom. The molecule has 0 atom stereocenters. The molecule has 1 saturated carbocycles. The zero-order valence-electron chi connectivity index (χ0n) is 7.77. The van der Waals surface area contributed by atoms with Gasteiger partial charge in [0, 0.05) is 6.04 Å². The first-order valence-electron chi connectivity index (χ1n) is 4.90. The van der Waals surface area contributed by atoms with Gasteiger partial charge in [0.15, 0.2) is 0 Å². The highest BCUT2D eigenvalue weighted by atomic mass is 15.1. The van der Waals surface area contributed by atoms with E-state index < -0.39 is 0 Å². The van der Waals surface area contributed by atoms with E-state index in [0.717, 1.165) is 16.9 Å². The number of aromatic nitrogens is 2. The molecule has 1 aromatic carbocycles. The molecule has 0 amide bonds. The molecule has 1 heterocycles. The van der Waals surface area contributed by atoms with E-state index >= 15 is 0 Å². The number of nitrogens with one attached hydrogen (secondary N) is 1. The molecule has 3 rings (SSSR count). The number of nitrogens with zero attached hydrogens (tertiary/aromatic N) is 2. The van der Waals surface area contributed by atoms with Crippen LogP contribution in [0.15, 0.2) is 30.5 Å². The normalized spacial score (nSPS) is 15.7. The number of rotatable bonds is 2. The highest BCUT2D eigenvalue weighted by Gasteiger charge is 2.21. The van der Waals surface area contributed by atoms with E-state index in [4.69, 9.17) is 0 Å². The second kappa shape index (κ2) is 2.94. The largest absolute Gasteiger partial charge is 0.366 e. The molecule has 1 aliphatic rings. The maximum Gasteiger partial charge on any atom is 0.145 e. The molecule has 3 nitrogen and oxygen atoms in total. The Morgan fingerprint density at radius 3 is 2.71 bits per heavy atom. The van der Waals surface area contributed by atoms with Gasteiger partial charge in [0.05, 0.1) is 17.2 Å². The number of para-hydroxylation sites is 2. The van der Waals surface area contributed by atoms with E-state index in [1.165, 1.54) is 12.8 Å². The minimum absolute atomic E-state index is 0.630. The molecule has 14 heavy (non-hydrogen) atoms. The summed E-state index contributed by atoms with van der Waals surface area (Å²) in [5.41, 5.74) is 1.91. The van der Waals surface area contributed by atoms with E-state index in [1.807, 2.05) is 24.3 Å². The van der Waals surface area contributed by atoms with Gasteiger partial charge < -0.3 is 5.32 Å². The average molecular weight is 185 g/mol. The fourth-order valence-electron chi connectivity index (χ4n) is 1.46. The van der Waals surface area contributed by atoms with Gasteiger partial charge >= 0.3 is 0 Å². The van der Waals surface area contributed by atoms with Crippen LogP contribution in [0, 0.1) is 0 Å². The van der Waals surface area contributed by atoms with Crippen molar-refractivity contribution in [2.75, 3.05) is 5.32 Å². The lowest BCUT2D eigenvalue weighted by molar-refractivity contribution is 1.11. The summed E-state index contributed by atoms with van der Waals surface area (Å²) in [7, 11) is 0. The number of fused-ring (bicyclic) bond motifs is 1. The standard InChI is InChI=1S/C11H11N3/c1-2-4-10-9(3-1)12-7-11(14-10)13-8-5-6-8/h1-4,7-8H,5-6H2,(H,13,14). The summed E-state index contributed by atoms with van der Waals surface area (Å²) in [4.78, 5) is 8.82. The molecule has 0 unspecified atom stereocenters. The summed E-state index contributed by atoms with van der Waals surface area (Å²) in [5, 5.41) is 3.33. The van der Waals surface area contributed by atoms with Crippen LogP contribution in [0.4, 0.5) is 5.82 Å². The lowest BCUT2D eigenvalue weighted by Gasteiger charge is -2.03. The fraction of sp³-hybridized carbons (Fsp3) is 0.273. The Labute approximate surface area is 82.2 Å². The Kier molecular flexibility index (Phi) is 1.63. The number of anilines is 1. The van der Waals surface area contributed by atoms with Crippen LogP contribution in [-0.4, -0.2) is 16.0 Å². The summed E-state index contributed by atoms with van der Waals surface area (Å²) in [6, 6.07) is 8.55. The highest BCUT2D eigenvalue weighted by Crippen LogP contribution is 2.23. The van der Waals surface area contributed by atoms with Gasteiger partial charge in [-0.15, -0.1) is 0 Å². The summed E-state index contributed by atoms with van der Waals surface area (Å²) in [5.74, 6) is 0.895. The van der Waals surface area contributed by atoms with Crippen LogP contribution < -0.4 is 5.32 Å². The van der Waals surface area contributed by atoms with E-state index in [2.05, 4.69) is 15.3 Å². The lowest BCUT2D eigenvalue weighted by Crippen LogP contribution is -2.03. The quantitative estimate of drug-likeness (QED) is 0.779. The molecule has 1 aromatic heterocycles. The highest BCUT2D eigenvalue weighted by molar-refractivity contribution is 5.75. The van der Waals surface area contributed by atoms with Gasteiger partial charge in [-0.2, -0.15) is 0 Å². The molecule has 0 aliphatic heterocycles. The second-order valence-corrected chi connectivity index (χ2v) is 3.66. The van der Waals surface area contributed by atoms with E-state index in [1.54, 1.807) is 6.20 Å². The SMILES string of the molecule is c1ccc2nc(NC3CC3)cnc2c1. The van der Waals surface area contributed by atoms with Crippen LogP contribution in [0.5, 0.6) is 0 Å². The van der Waals surface area contributed by atoms with Gasteiger partial charge in [-0.25, -0.2) is 4.98 Å². The van der Waals surface area contributed by atoms with Crippen molar-refractivity contribution >= 4 is 16.9 Å². The zero-order valence-corrected chi connectivity index (χ0v) is 7.77. The van der Waals surface area contributed by atoms with Crippen molar-refractivity contribution in [2.45, 2.75) is 18.9 Å². The minimum atomic E-state index is 0.630. The number of hydrogen-bond donors (Lipinski definition) is 1.